The zero-order chi connectivity index (χ0) is 22.5. The van der Waals surface area contributed by atoms with Crippen LogP contribution in [0.15, 0.2) is 51.8 Å². The Balaban J connectivity index is 1.36. The van der Waals surface area contributed by atoms with Gasteiger partial charge in [-0.2, -0.15) is 8.42 Å². The molecule has 0 saturated carbocycles. The Morgan fingerprint density at radius 1 is 1.12 bits per heavy atom. The van der Waals surface area contributed by atoms with Gasteiger partial charge in [0, 0.05) is 36.4 Å². The molecule has 3 heterocycles. The maximum Gasteiger partial charge on any atom is 0.285 e. The minimum atomic E-state index is -3.74. The summed E-state index contributed by atoms with van der Waals surface area (Å²) in [6.07, 6.45) is 2.82. The highest BCUT2D eigenvalue weighted by Crippen LogP contribution is 2.32. The lowest BCUT2D eigenvalue weighted by Crippen LogP contribution is -2.43. The molecule has 2 amide bonds. The number of hydrogen-bond acceptors (Lipinski definition) is 5. The van der Waals surface area contributed by atoms with Crippen molar-refractivity contribution < 1.29 is 18.0 Å². The van der Waals surface area contributed by atoms with E-state index in [1.807, 2.05) is 19.1 Å². The van der Waals surface area contributed by atoms with Gasteiger partial charge in [0.25, 0.3) is 10.0 Å². The molecular formula is C23H24N4O4S. The number of anilines is 2. The first kappa shape index (κ1) is 20.7. The van der Waals surface area contributed by atoms with E-state index in [9.17, 15) is 18.0 Å². The van der Waals surface area contributed by atoms with Gasteiger partial charge in [0.05, 0.1) is 0 Å². The zero-order valence-electron chi connectivity index (χ0n) is 17.7. The number of sulfonamides is 1. The van der Waals surface area contributed by atoms with Crippen molar-refractivity contribution in [2.75, 3.05) is 23.3 Å². The van der Waals surface area contributed by atoms with Crippen molar-refractivity contribution >= 4 is 39.0 Å². The van der Waals surface area contributed by atoms with Crippen LogP contribution < -0.4 is 10.2 Å². The highest BCUT2D eigenvalue weighted by molar-refractivity contribution is 7.90. The highest BCUT2D eigenvalue weighted by atomic mass is 32.2. The summed E-state index contributed by atoms with van der Waals surface area (Å²) in [5.74, 6) is 0.271. The van der Waals surface area contributed by atoms with Crippen LogP contribution in [0.1, 0.15) is 36.8 Å². The number of aryl methyl sites for hydroxylation is 1. The summed E-state index contributed by atoms with van der Waals surface area (Å²) < 4.78 is 28.9. The molecule has 0 radical (unpaired) electrons. The van der Waals surface area contributed by atoms with Gasteiger partial charge in [0.2, 0.25) is 11.8 Å². The van der Waals surface area contributed by atoms with E-state index in [2.05, 4.69) is 9.71 Å². The van der Waals surface area contributed by atoms with Crippen LogP contribution in [0.3, 0.4) is 0 Å². The Kier molecular flexibility index (Phi) is 5.00. The molecule has 0 aromatic heterocycles. The van der Waals surface area contributed by atoms with Crippen LogP contribution >= 0.6 is 0 Å². The summed E-state index contributed by atoms with van der Waals surface area (Å²) in [7, 11) is -3.74. The third-order valence-corrected chi connectivity index (χ3v) is 7.59. The van der Waals surface area contributed by atoms with Crippen molar-refractivity contribution in [2.24, 2.45) is 4.40 Å². The number of nitrogens with one attached hydrogen (secondary N) is 1. The average molecular weight is 453 g/mol. The third kappa shape index (κ3) is 3.46. The molecule has 0 aliphatic carbocycles. The predicted molar refractivity (Wildman–Crippen MR) is 121 cm³/mol. The van der Waals surface area contributed by atoms with Gasteiger partial charge in [-0.05, 0) is 62.1 Å². The quantitative estimate of drug-likeness (QED) is 0.772. The molecule has 1 N–H and O–H groups in total. The Hall–Kier alpha value is -3.20. The Bertz CT molecular complexity index is 1250. The Morgan fingerprint density at radius 3 is 2.69 bits per heavy atom. The van der Waals surface area contributed by atoms with Crippen LogP contribution in [-0.2, 0) is 19.6 Å². The van der Waals surface area contributed by atoms with E-state index >= 15 is 0 Å². The van der Waals surface area contributed by atoms with Gasteiger partial charge in [-0.25, -0.2) is 0 Å². The van der Waals surface area contributed by atoms with Crippen molar-refractivity contribution in [1.82, 2.24) is 4.90 Å². The van der Waals surface area contributed by atoms with E-state index in [4.69, 9.17) is 0 Å². The number of hydrogen-bond donors (Lipinski definition) is 1. The lowest BCUT2D eigenvalue weighted by atomic mass is 10.1. The van der Waals surface area contributed by atoms with Gasteiger partial charge in [-0.3, -0.25) is 9.59 Å². The van der Waals surface area contributed by atoms with Crippen molar-refractivity contribution in [1.29, 1.82) is 0 Å². The fourth-order valence-corrected chi connectivity index (χ4v) is 5.97. The van der Waals surface area contributed by atoms with Gasteiger partial charge >= 0.3 is 0 Å². The summed E-state index contributed by atoms with van der Waals surface area (Å²) in [6, 6.07) is 11.7. The van der Waals surface area contributed by atoms with Crippen LogP contribution in [0.2, 0.25) is 0 Å². The normalized spacial score (nSPS) is 21.6. The standard InChI is InChI=1S/C23H24N4O4S/c1-15-14-16(10-11-18(15)26-12-5-9-21(26)28)24-23(29)19-7-4-13-27(19)22-17-6-2-3-8-20(17)32(30,31)25-22/h2-3,6,8,10-11,14,19H,4-5,7,9,12-13H2,1H3,(H,24,29). The number of rotatable bonds is 3. The smallest absolute Gasteiger partial charge is 0.285 e. The molecular weight excluding hydrogens is 428 g/mol. The monoisotopic (exact) mass is 452 g/mol. The van der Waals surface area contributed by atoms with Crippen LogP contribution in [0.4, 0.5) is 11.4 Å². The molecule has 2 aromatic rings. The summed E-state index contributed by atoms with van der Waals surface area (Å²) in [5, 5.41) is 2.96. The molecule has 166 valence electrons. The summed E-state index contributed by atoms with van der Waals surface area (Å²) in [4.78, 5) is 29.0. The Morgan fingerprint density at radius 2 is 1.94 bits per heavy atom. The third-order valence-electron chi connectivity index (χ3n) is 6.27. The SMILES string of the molecule is Cc1cc(NC(=O)C2CCCN2C2=NS(=O)(=O)c3ccccc32)ccc1N1CCCC1=O. The number of amides is 2. The minimum absolute atomic E-state index is 0.124. The number of carbonyl (C=O) groups is 2. The van der Waals surface area contributed by atoms with Crippen molar-refractivity contribution in [3.05, 3.63) is 53.6 Å². The van der Waals surface area contributed by atoms with Gasteiger partial charge in [-0.1, -0.05) is 12.1 Å². The van der Waals surface area contributed by atoms with E-state index < -0.39 is 16.1 Å². The van der Waals surface area contributed by atoms with Crippen LogP contribution in [0, 0.1) is 6.92 Å². The van der Waals surface area contributed by atoms with E-state index in [1.165, 1.54) is 0 Å². The molecule has 9 heteroatoms. The molecule has 2 aromatic carbocycles. The van der Waals surface area contributed by atoms with Crippen LogP contribution in [0.5, 0.6) is 0 Å². The Labute approximate surface area is 187 Å². The summed E-state index contributed by atoms with van der Waals surface area (Å²) in [6.45, 7) is 3.21. The van der Waals surface area contributed by atoms with Crippen molar-refractivity contribution in [3.8, 4) is 0 Å². The molecule has 0 bridgehead atoms. The fourth-order valence-electron chi connectivity index (χ4n) is 4.75. The van der Waals surface area contributed by atoms with Gasteiger partial charge < -0.3 is 15.1 Å². The maximum absolute atomic E-state index is 13.1. The number of likely N-dealkylation sites (tertiary alicyclic amines) is 1. The van der Waals surface area contributed by atoms with E-state index in [0.29, 0.717) is 36.5 Å². The zero-order valence-corrected chi connectivity index (χ0v) is 18.6. The maximum atomic E-state index is 13.1. The van der Waals surface area contributed by atoms with Gasteiger partial charge in [0.1, 0.15) is 10.9 Å². The largest absolute Gasteiger partial charge is 0.343 e. The molecule has 2 saturated heterocycles. The molecule has 0 spiro atoms. The minimum Gasteiger partial charge on any atom is -0.343 e. The second kappa shape index (κ2) is 7.74. The van der Waals surface area contributed by atoms with Gasteiger partial charge in [-0.15, -0.1) is 4.40 Å². The second-order valence-corrected chi connectivity index (χ2v) is 9.95. The van der Waals surface area contributed by atoms with Crippen LogP contribution in [-0.4, -0.2) is 50.1 Å². The molecule has 3 aliphatic heterocycles. The highest BCUT2D eigenvalue weighted by Gasteiger charge is 2.39. The lowest BCUT2D eigenvalue weighted by Gasteiger charge is -2.26. The predicted octanol–water partition coefficient (Wildman–Crippen LogP) is 2.67. The van der Waals surface area contributed by atoms with E-state index in [0.717, 1.165) is 30.6 Å². The first-order valence-electron chi connectivity index (χ1n) is 10.8. The number of amidine groups is 1. The summed E-state index contributed by atoms with van der Waals surface area (Å²) >= 11 is 0. The summed E-state index contributed by atoms with van der Waals surface area (Å²) in [5.41, 5.74) is 2.98. The van der Waals surface area contributed by atoms with Crippen molar-refractivity contribution in [2.45, 2.75) is 43.5 Å². The number of benzene rings is 2. The first-order valence-corrected chi connectivity index (χ1v) is 12.2. The van der Waals surface area contributed by atoms with Gasteiger partial charge in [0.15, 0.2) is 5.84 Å². The van der Waals surface area contributed by atoms with E-state index in [-0.39, 0.29) is 16.7 Å². The molecule has 8 nitrogen and oxygen atoms in total. The van der Waals surface area contributed by atoms with Crippen molar-refractivity contribution in [3.63, 3.8) is 0 Å². The number of carbonyl (C=O) groups excluding carboxylic acids is 2. The molecule has 2 fully saturated rings. The molecule has 32 heavy (non-hydrogen) atoms. The number of fused-ring (bicyclic) bond motifs is 1. The molecule has 3 aliphatic rings. The van der Waals surface area contributed by atoms with Crippen LogP contribution in [0.25, 0.3) is 0 Å². The number of nitrogens with zero attached hydrogens (tertiary/aromatic N) is 3. The average Bonchev–Trinajstić information content (AvgIpc) is 3.47. The molecule has 5 rings (SSSR count). The second-order valence-electron chi connectivity index (χ2n) is 8.38. The molecule has 1 atom stereocenters. The first-order chi connectivity index (χ1) is 15.3. The lowest BCUT2D eigenvalue weighted by molar-refractivity contribution is -0.119. The van der Waals surface area contributed by atoms with E-state index in [1.54, 1.807) is 40.1 Å². The topological polar surface area (TPSA) is 99.2 Å². The molecule has 1 unspecified atom stereocenters. The fraction of sp³-hybridized carbons (Fsp3) is 0.348.